The molecule has 1 aromatic heterocycles. The molecular weight excluding hydrogens is 274 g/mol. The van der Waals surface area contributed by atoms with Gasteiger partial charge < -0.3 is 5.32 Å². The maximum atomic E-state index is 11.9. The number of hydrogen-bond donors (Lipinski definition) is 2. The van der Waals surface area contributed by atoms with Gasteiger partial charge >= 0.3 is 0 Å². The van der Waals surface area contributed by atoms with Crippen LogP contribution in [0.1, 0.15) is 20.8 Å². The molecule has 0 aromatic carbocycles. The molecule has 0 spiro atoms. The van der Waals surface area contributed by atoms with Crippen LogP contribution in [0.15, 0.2) is 17.2 Å². The Morgan fingerprint density at radius 1 is 1.44 bits per heavy atom. The second-order valence-corrected chi connectivity index (χ2v) is 6.45. The van der Waals surface area contributed by atoms with Crippen LogP contribution in [0, 0.1) is 5.92 Å². The molecule has 102 valence electrons. The Bertz CT molecular complexity index is 503. The molecule has 0 bridgehead atoms. The van der Waals surface area contributed by atoms with Gasteiger partial charge in [-0.05, 0) is 18.9 Å². The third-order valence-electron chi connectivity index (χ3n) is 2.15. The minimum absolute atomic E-state index is 0.0785. The number of nitrogens with one attached hydrogen (secondary N) is 2. The lowest BCUT2D eigenvalue weighted by Gasteiger charge is -2.10. The number of aromatic nitrogens is 1. The van der Waals surface area contributed by atoms with E-state index in [2.05, 4.69) is 15.0 Å². The van der Waals surface area contributed by atoms with Gasteiger partial charge in [-0.25, -0.2) is 18.1 Å². The van der Waals surface area contributed by atoms with Crippen molar-refractivity contribution in [3.05, 3.63) is 17.3 Å². The Morgan fingerprint density at radius 2 is 2.11 bits per heavy atom. The van der Waals surface area contributed by atoms with Crippen molar-refractivity contribution in [2.24, 2.45) is 5.92 Å². The first-order chi connectivity index (χ1) is 8.36. The van der Waals surface area contributed by atoms with E-state index in [4.69, 9.17) is 11.6 Å². The van der Waals surface area contributed by atoms with E-state index in [1.165, 1.54) is 12.3 Å². The molecule has 0 saturated carbocycles. The van der Waals surface area contributed by atoms with Crippen LogP contribution in [0.4, 0.5) is 5.82 Å². The predicted octanol–water partition coefficient (Wildman–Crippen LogP) is 2.10. The fourth-order valence-corrected chi connectivity index (χ4v) is 2.71. The fraction of sp³-hybridized carbons (Fsp3) is 0.545. The molecule has 2 N–H and O–H groups in total. The van der Waals surface area contributed by atoms with E-state index >= 15 is 0 Å². The van der Waals surface area contributed by atoms with Crippen molar-refractivity contribution < 1.29 is 8.42 Å². The highest BCUT2D eigenvalue weighted by molar-refractivity contribution is 7.89. The van der Waals surface area contributed by atoms with Crippen molar-refractivity contribution in [2.45, 2.75) is 25.7 Å². The molecule has 0 aliphatic rings. The van der Waals surface area contributed by atoms with Gasteiger partial charge in [-0.1, -0.05) is 25.4 Å². The third-order valence-corrected chi connectivity index (χ3v) is 3.83. The Labute approximate surface area is 113 Å². The number of hydrogen-bond acceptors (Lipinski definition) is 4. The standard InChI is InChI=1S/C11H18ClN3O2S/c1-4-13-11-10(12)5-9(7-14-11)18(16,17)15-6-8(2)3/h5,7-8,15H,4,6H2,1-3H3,(H,13,14). The quantitative estimate of drug-likeness (QED) is 0.842. The van der Waals surface area contributed by atoms with Gasteiger partial charge in [-0.15, -0.1) is 0 Å². The van der Waals surface area contributed by atoms with Crippen LogP contribution in [0.5, 0.6) is 0 Å². The lowest BCUT2D eigenvalue weighted by atomic mass is 10.2. The Hall–Kier alpha value is -0.850. The zero-order valence-electron chi connectivity index (χ0n) is 10.7. The summed E-state index contributed by atoms with van der Waals surface area (Å²) >= 11 is 5.96. The van der Waals surface area contributed by atoms with Gasteiger partial charge in [-0.3, -0.25) is 0 Å². The zero-order valence-corrected chi connectivity index (χ0v) is 12.3. The highest BCUT2D eigenvalue weighted by Crippen LogP contribution is 2.22. The normalized spacial score (nSPS) is 11.8. The van der Waals surface area contributed by atoms with Gasteiger partial charge in [-0.2, -0.15) is 0 Å². The molecular formula is C11H18ClN3O2S. The molecule has 0 aliphatic carbocycles. The molecule has 1 heterocycles. The maximum absolute atomic E-state index is 11.9. The molecule has 0 amide bonds. The van der Waals surface area contributed by atoms with Crippen LogP contribution in [-0.2, 0) is 10.0 Å². The number of sulfonamides is 1. The fourth-order valence-electron chi connectivity index (χ4n) is 1.22. The SMILES string of the molecule is CCNc1ncc(S(=O)(=O)NCC(C)C)cc1Cl. The van der Waals surface area contributed by atoms with Crippen molar-refractivity contribution in [2.75, 3.05) is 18.4 Å². The molecule has 0 radical (unpaired) electrons. The number of halogens is 1. The van der Waals surface area contributed by atoms with E-state index in [-0.39, 0.29) is 10.8 Å². The van der Waals surface area contributed by atoms with Crippen LogP contribution >= 0.6 is 11.6 Å². The van der Waals surface area contributed by atoms with Gasteiger partial charge in [0.15, 0.2) is 0 Å². The van der Waals surface area contributed by atoms with E-state index in [9.17, 15) is 8.42 Å². The molecule has 7 heteroatoms. The number of anilines is 1. The first kappa shape index (κ1) is 15.2. The van der Waals surface area contributed by atoms with Gasteiger partial charge in [0, 0.05) is 19.3 Å². The molecule has 0 aliphatic heterocycles. The monoisotopic (exact) mass is 291 g/mol. The average molecular weight is 292 g/mol. The van der Waals surface area contributed by atoms with Crippen molar-refractivity contribution in [3.8, 4) is 0 Å². The summed E-state index contributed by atoms with van der Waals surface area (Å²) in [5, 5.41) is 3.24. The summed E-state index contributed by atoms with van der Waals surface area (Å²) in [6.07, 6.45) is 1.30. The van der Waals surface area contributed by atoms with E-state index in [1.807, 2.05) is 20.8 Å². The molecule has 5 nitrogen and oxygen atoms in total. The summed E-state index contributed by atoms with van der Waals surface area (Å²) in [6, 6.07) is 1.40. The molecule has 1 aromatic rings. The van der Waals surface area contributed by atoms with Gasteiger partial charge in [0.2, 0.25) is 10.0 Å². The summed E-state index contributed by atoms with van der Waals surface area (Å²) in [5.41, 5.74) is 0. The second kappa shape index (κ2) is 6.36. The summed E-state index contributed by atoms with van der Waals surface area (Å²) in [4.78, 5) is 4.08. The van der Waals surface area contributed by atoms with E-state index < -0.39 is 10.0 Å². The van der Waals surface area contributed by atoms with Crippen LogP contribution in [0.25, 0.3) is 0 Å². The second-order valence-electron chi connectivity index (χ2n) is 4.28. The molecule has 0 fully saturated rings. The summed E-state index contributed by atoms with van der Waals surface area (Å²) < 4.78 is 26.4. The van der Waals surface area contributed by atoms with Crippen molar-refractivity contribution >= 4 is 27.4 Å². The number of nitrogens with zero attached hydrogens (tertiary/aromatic N) is 1. The van der Waals surface area contributed by atoms with Crippen LogP contribution in [0.2, 0.25) is 5.02 Å². The predicted molar refractivity (Wildman–Crippen MR) is 73.4 cm³/mol. The van der Waals surface area contributed by atoms with E-state index in [0.29, 0.717) is 23.9 Å². The summed E-state index contributed by atoms with van der Waals surface area (Å²) in [6.45, 7) is 6.83. The first-order valence-corrected chi connectivity index (χ1v) is 7.62. The topological polar surface area (TPSA) is 71.1 Å². The summed E-state index contributed by atoms with van der Waals surface area (Å²) in [7, 11) is -3.53. The van der Waals surface area contributed by atoms with Crippen molar-refractivity contribution in [1.82, 2.24) is 9.71 Å². The third kappa shape index (κ3) is 4.12. The highest BCUT2D eigenvalue weighted by Gasteiger charge is 2.16. The van der Waals surface area contributed by atoms with E-state index in [0.717, 1.165) is 0 Å². The zero-order chi connectivity index (χ0) is 13.8. The Morgan fingerprint density at radius 3 is 2.61 bits per heavy atom. The lowest BCUT2D eigenvalue weighted by Crippen LogP contribution is -2.27. The molecule has 18 heavy (non-hydrogen) atoms. The van der Waals surface area contributed by atoms with Crippen molar-refractivity contribution in [3.63, 3.8) is 0 Å². The van der Waals surface area contributed by atoms with Crippen LogP contribution in [0.3, 0.4) is 0 Å². The minimum atomic E-state index is -3.53. The van der Waals surface area contributed by atoms with Crippen LogP contribution in [-0.4, -0.2) is 26.5 Å². The summed E-state index contributed by atoms with van der Waals surface area (Å²) in [5.74, 6) is 0.728. The minimum Gasteiger partial charge on any atom is -0.369 e. The largest absolute Gasteiger partial charge is 0.369 e. The molecule has 1 rings (SSSR count). The van der Waals surface area contributed by atoms with Crippen LogP contribution < -0.4 is 10.0 Å². The first-order valence-electron chi connectivity index (χ1n) is 5.76. The smallest absolute Gasteiger partial charge is 0.242 e. The van der Waals surface area contributed by atoms with E-state index in [1.54, 1.807) is 0 Å². The van der Waals surface area contributed by atoms with Gasteiger partial charge in [0.05, 0.1) is 5.02 Å². The molecule has 0 atom stereocenters. The molecule has 0 unspecified atom stereocenters. The average Bonchev–Trinajstić information content (AvgIpc) is 2.29. The van der Waals surface area contributed by atoms with Gasteiger partial charge in [0.1, 0.15) is 10.7 Å². The van der Waals surface area contributed by atoms with Gasteiger partial charge in [0.25, 0.3) is 0 Å². The van der Waals surface area contributed by atoms with Crippen molar-refractivity contribution in [1.29, 1.82) is 0 Å². The highest BCUT2D eigenvalue weighted by atomic mass is 35.5. The maximum Gasteiger partial charge on any atom is 0.242 e. The molecule has 0 saturated heterocycles. The number of pyridine rings is 1. The lowest BCUT2D eigenvalue weighted by molar-refractivity contribution is 0.560. The Kier molecular flexibility index (Phi) is 5.37. The Balaban J connectivity index is 2.93. The number of rotatable bonds is 6.